The highest BCUT2D eigenvalue weighted by molar-refractivity contribution is 14.1. The Balaban J connectivity index is 0.000000628. The van der Waals surface area contributed by atoms with E-state index in [1.165, 1.54) is 4.90 Å². The number of carbonyl (C=O) groups is 1. The Bertz CT molecular complexity index is 588. The summed E-state index contributed by atoms with van der Waals surface area (Å²) < 4.78 is 51.5. The van der Waals surface area contributed by atoms with Crippen molar-refractivity contribution in [1.82, 2.24) is 10.2 Å². The van der Waals surface area contributed by atoms with Crippen molar-refractivity contribution in [2.45, 2.75) is 58.2 Å². The Labute approximate surface area is 205 Å². The minimum Gasteiger partial charge on any atom is -0.444 e. The molecule has 0 radical (unpaired) electrons. The number of fused-ring (bicyclic) bond motifs is 1. The summed E-state index contributed by atoms with van der Waals surface area (Å²) >= 11 is 0.292. The summed E-state index contributed by atoms with van der Waals surface area (Å²) in [5, 5.41) is 20.9. The Morgan fingerprint density at radius 2 is 1.75 bits per heavy atom. The Morgan fingerprint density at radius 3 is 2.25 bits per heavy atom. The normalized spacial score (nSPS) is 34.0. The van der Waals surface area contributed by atoms with Crippen molar-refractivity contribution in [2.24, 2.45) is 11.8 Å². The van der Waals surface area contributed by atoms with Crippen LogP contribution in [0.2, 0.25) is 0 Å². The number of hydrogen-bond acceptors (Lipinski definition) is 8. The molecule has 0 aromatic carbocycles. The second kappa shape index (κ2) is 14.9. The average molecular weight is 602 g/mol. The molecule has 3 aliphatic heterocycles. The molecule has 1 unspecified atom stereocenters. The van der Waals surface area contributed by atoms with Gasteiger partial charge in [0.1, 0.15) is 17.8 Å². The Hall–Kier alpha value is -0.190. The zero-order chi connectivity index (χ0) is 23.8. The zero-order valence-corrected chi connectivity index (χ0v) is 21.1. The van der Waals surface area contributed by atoms with Gasteiger partial charge < -0.3 is 25.2 Å². The van der Waals surface area contributed by atoms with Crippen LogP contribution in [0, 0.1) is 11.8 Å². The van der Waals surface area contributed by atoms with Gasteiger partial charge in [0.2, 0.25) is 0 Å². The standard InChI is InChI=1S/C11H18FNO5S.C6H12FNO2.CH3I.CH4/c1-11(2,3)16-10(14)13-5-7(4-12)9-8(6-13)17-19(15)18-9;7-1-4-2-8-3-5(9)6(4)10;1-2;/h7-9H,4-6H2,1-3H3;4-6,8-10H,1-3H2;1H3;1H4/t7-,8+,9+,19?;4-,5+,6+;;/m00../s1. The minimum atomic E-state index is -1.86. The number of ether oxygens (including phenoxy) is 1. The summed E-state index contributed by atoms with van der Waals surface area (Å²) in [6, 6.07) is 0. The van der Waals surface area contributed by atoms with E-state index in [9.17, 15) is 17.8 Å². The molecular weight excluding hydrogens is 565 g/mol. The molecule has 0 spiro atoms. The number of rotatable bonds is 2. The fraction of sp³-hybridized carbons (Fsp3) is 0.947. The highest BCUT2D eigenvalue weighted by Crippen LogP contribution is 2.30. The van der Waals surface area contributed by atoms with E-state index >= 15 is 0 Å². The van der Waals surface area contributed by atoms with Crippen LogP contribution in [-0.2, 0) is 24.5 Å². The molecule has 3 saturated heterocycles. The Morgan fingerprint density at radius 1 is 1.16 bits per heavy atom. The molecule has 0 aromatic rings. The van der Waals surface area contributed by atoms with Crippen LogP contribution in [-0.4, -0.2) is 99.9 Å². The van der Waals surface area contributed by atoms with Crippen molar-refractivity contribution < 1.29 is 41.1 Å². The molecule has 3 fully saturated rings. The number of carbonyl (C=O) groups excluding carboxylic acids is 1. The number of aliphatic hydroxyl groups excluding tert-OH is 2. The van der Waals surface area contributed by atoms with Crippen LogP contribution in [0.25, 0.3) is 0 Å². The molecule has 1 amide bonds. The number of likely N-dealkylation sites (tertiary alicyclic amines) is 1. The molecule has 0 aromatic heterocycles. The molecule has 7 atom stereocenters. The van der Waals surface area contributed by atoms with Gasteiger partial charge in [-0.3, -0.25) is 17.1 Å². The number of β-amino-alcohol motifs (C(OH)–C–C–N with tert-alkyl or cyclic N) is 1. The first-order valence-electron chi connectivity index (χ1n) is 9.86. The van der Waals surface area contributed by atoms with Crippen molar-refractivity contribution in [3.05, 3.63) is 0 Å². The van der Waals surface area contributed by atoms with Gasteiger partial charge in [0.25, 0.3) is 0 Å². The first-order valence-corrected chi connectivity index (χ1v) is 13.0. The number of alkyl halides is 3. The van der Waals surface area contributed by atoms with Crippen LogP contribution in [0.3, 0.4) is 0 Å². The maximum Gasteiger partial charge on any atom is 0.410 e. The fourth-order valence-corrected chi connectivity index (χ4v) is 4.14. The number of nitrogens with zero attached hydrogens (tertiary/aromatic N) is 1. The fourth-order valence-electron chi connectivity index (χ4n) is 3.26. The summed E-state index contributed by atoms with van der Waals surface area (Å²) in [7, 11) is 0. The molecule has 3 N–H and O–H groups in total. The van der Waals surface area contributed by atoms with Crippen LogP contribution >= 0.6 is 22.6 Å². The van der Waals surface area contributed by atoms with E-state index in [4.69, 9.17) is 23.3 Å². The molecule has 32 heavy (non-hydrogen) atoms. The molecule has 13 heteroatoms. The minimum absolute atomic E-state index is 0. The quantitative estimate of drug-likeness (QED) is 0.324. The third-order valence-electron chi connectivity index (χ3n) is 4.76. The van der Waals surface area contributed by atoms with Gasteiger partial charge in [0.15, 0.2) is 0 Å². The number of aliphatic hydroxyl groups is 2. The van der Waals surface area contributed by atoms with Gasteiger partial charge in [-0.15, -0.1) is 0 Å². The monoisotopic (exact) mass is 602 g/mol. The summed E-state index contributed by atoms with van der Waals surface area (Å²) in [6.45, 7) is 5.21. The highest BCUT2D eigenvalue weighted by atomic mass is 127. The molecular formula is C19H37F2IN2O7S. The maximum absolute atomic E-state index is 13.0. The van der Waals surface area contributed by atoms with Gasteiger partial charge in [0.05, 0.1) is 32.1 Å². The van der Waals surface area contributed by atoms with E-state index in [0.717, 1.165) is 0 Å². The smallest absolute Gasteiger partial charge is 0.410 e. The van der Waals surface area contributed by atoms with Crippen LogP contribution < -0.4 is 5.32 Å². The average Bonchev–Trinajstić information content (AvgIpc) is 3.10. The van der Waals surface area contributed by atoms with Crippen LogP contribution in [0.1, 0.15) is 28.2 Å². The number of hydrogen-bond donors (Lipinski definition) is 3. The van der Waals surface area contributed by atoms with Crippen molar-refractivity contribution in [1.29, 1.82) is 0 Å². The SMILES string of the molecule is C.CC(C)(C)OC(=O)N1C[C@H](CF)[C@H]2OS(=O)O[C@@H]2C1.CI.O[C@@H]1[C@@H](CF)CNC[C@H]1O. The van der Waals surface area contributed by atoms with Gasteiger partial charge >= 0.3 is 17.5 Å². The molecule has 0 saturated carbocycles. The number of amides is 1. The lowest BCUT2D eigenvalue weighted by molar-refractivity contribution is -0.0406. The van der Waals surface area contributed by atoms with Crippen molar-refractivity contribution in [3.8, 4) is 0 Å². The Kier molecular flexibility index (Phi) is 14.9. The van der Waals surface area contributed by atoms with Crippen LogP contribution in [0.4, 0.5) is 13.6 Å². The second-order valence-corrected chi connectivity index (χ2v) is 9.12. The molecule has 3 aliphatic rings. The molecule has 192 valence electrons. The van der Waals surface area contributed by atoms with Crippen molar-refractivity contribution in [2.75, 3.05) is 44.5 Å². The summed E-state index contributed by atoms with van der Waals surface area (Å²) in [5.41, 5.74) is -0.616. The first kappa shape index (κ1) is 31.8. The van der Waals surface area contributed by atoms with E-state index in [2.05, 4.69) is 27.9 Å². The zero-order valence-electron chi connectivity index (χ0n) is 18.1. The third kappa shape index (κ3) is 9.58. The molecule has 9 nitrogen and oxygen atoms in total. The van der Waals surface area contributed by atoms with Gasteiger partial charge in [0, 0.05) is 31.5 Å². The van der Waals surface area contributed by atoms with Gasteiger partial charge in [-0.2, -0.15) is 4.21 Å². The molecule has 0 bridgehead atoms. The third-order valence-corrected chi connectivity index (χ3v) is 5.55. The molecule has 0 aliphatic carbocycles. The van der Waals surface area contributed by atoms with E-state index in [0.29, 0.717) is 13.1 Å². The summed E-state index contributed by atoms with van der Waals surface area (Å²) in [5.74, 6) is -0.985. The van der Waals surface area contributed by atoms with Crippen LogP contribution in [0.15, 0.2) is 0 Å². The first-order chi connectivity index (χ1) is 14.6. The highest BCUT2D eigenvalue weighted by Gasteiger charge is 2.47. The molecule has 3 heterocycles. The van der Waals surface area contributed by atoms with Crippen molar-refractivity contribution in [3.63, 3.8) is 0 Å². The lowest BCUT2D eigenvalue weighted by Crippen LogP contribution is -2.54. The van der Waals surface area contributed by atoms with E-state index in [1.54, 1.807) is 20.8 Å². The van der Waals surface area contributed by atoms with Crippen LogP contribution in [0.5, 0.6) is 0 Å². The molecule has 3 rings (SSSR count). The summed E-state index contributed by atoms with van der Waals surface area (Å²) in [4.78, 5) is 15.3. The second-order valence-electron chi connectivity index (χ2n) is 8.33. The van der Waals surface area contributed by atoms with E-state index < -0.39 is 72.7 Å². The topological polar surface area (TPSA) is 118 Å². The predicted molar refractivity (Wildman–Crippen MR) is 126 cm³/mol. The van der Waals surface area contributed by atoms with Gasteiger partial charge in [-0.25, -0.2) is 4.79 Å². The largest absolute Gasteiger partial charge is 0.444 e. The van der Waals surface area contributed by atoms with E-state index in [1.807, 2.05) is 4.93 Å². The van der Waals surface area contributed by atoms with Gasteiger partial charge in [-0.1, -0.05) is 30.0 Å². The maximum atomic E-state index is 13.0. The lowest BCUT2D eigenvalue weighted by Gasteiger charge is -2.37. The number of piperidine rings is 2. The number of nitrogens with one attached hydrogen (secondary N) is 1. The van der Waals surface area contributed by atoms with E-state index in [-0.39, 0.29) is 20.5 Å². The summed E-state index contributed by atoms with van der Waals surface area (Å²) in [6.07, 6.45) is -3.36. The van der Waals surface area contributed by atoms with Crippen molar-refractivity contribution >= 4 is 40.0 Å². The van der Waals surface area contributed by atoms with Gasteiger partial charge in [-0.05, 0) is 25.7 Å². The number of halogens is 3. The predicted octanol–water partition coefficient (Wildman–Crippen LogP) is 1.77. The lowest BCUT2D eigenvalue weighted by atomic mass is 9.94.